The number of hydrogen-bond donors (Lipinski definition) is 4. The summed E-state index contributed by atoms with van der Waals surface area (Å²) >= 11 is 1.58. The first kappa shape index (κ1) is 28.6. The highest BCUT2D eigenvalue weighted by Crippen LogP contribution is 2.33. The molecule has 0 spiro atoms. The summed E-state index contributed by atoms with van der Waals surface area (Å²) in [6, 6.07) is 12.6. The Morgan fingerprint density at radius 3 is 2.77 bits per heavy atom. The maximum absolute atomic E-state index is 13.2. The maximum atomic E-state index is 13.2. The standard InChI is InChI=1S/C32H34N6O4S/c1-18-6-9-27-20(14-18)15-28(43-27)30(39)37-25-5-3-4-22(19(25)2)26-17-34-31(40)29(36-26)35-21-7-8-23(24(33)16-21)32(41)38-10-12-42-13-11-38/h3-5,7-8,15-18H,6,9-14,33H2,1-2H3,(H,34,40)(H,35,36)(H,37,39). The van der Waals surface area contributed by atoms with Crippen molar-refractivity contribution >= 4 is 46.0 Å². The third-order valence-corrected chi connectivity index (χ3v) is 9.28. The van der Waals surface area contributed by atoms with Crippen molar-refractivity contribution in [2.45, 2.75) is 33.1 Å². The molecular weight excluding hydrogens is 564 g/mol. The number of aryl methyl sites for hydroxylation is 1. The van der Waals surface area contributed by atoms with E-state index in [1.54, 1.807) is 40.6 Å². The number of morpholine rings is 1. The maximum Gasteiger partial charge on any atom is 0.291 e. The molecule has 222 valence electrons. The minimum Gasteiger partial charge on any atom is -0.398 e. The van der Waals surface area contributed by atoms with Crippen molar-refractivity contribution in [3.63, 3.8) is 0 Å². The van der Waals surface area contributed by atoms with Crippen LogP contribution in [0.3, 0.4) is 0 Å². The lowest BCUT2D eigenvalue weighted by atomic mass is 9.90. The van der Waals surface area contributed by atoms with Gasteiger partial charge in [-0.2, -0.15) is 0 Å². The zero-order valence-electron chi connectivity index (χ0n) is 24.2. The molecular formula is C32H34N6O4S. The van der Waals surface area contributed by atoms with Crippen LogP contribution in [0.25, 0.3) is 11.3 Å². The van der Waals surface area contributed by atoms with Crippen molar-refractivity contribution in [3.05, 3.63) is 85.5 Å². The van der Waals surface area contributed by atoms with E-state index in [-0.39, 0.29) is 17.6 Å². The van der Waals surface area contributed by atoms with E-state index < -0.39 is 5.56 Å². The van der Waals surface area contributed by atoms with Gasteiger partial charge in [0.2, 0.25) is 0 Å². The van der Waals surface area contributed by atoms with Crippen LogP contribution in [0.1, 0.15) is 49.4 Å². The van der Waals surface area contributed by atoms with Crippen LogP contribution in [0.4, 0.5) is 22.9 Å². The molecule has 2 aromatic carbocycles. The zero-order chi connectivity index (χ0) is 30.1. The van der Waals surface area contributed by atoms with E-state index in [9.17, 15) is 14.4 Å². The lowest BCUT2D eigenvalue weighted by Gasteiger charge is -2.27. The molecule has 0 radical (unpaired) electrons. The second kappa shape index (κ2) is 12.0. The van der Waals surface area contributed by atoms with Crippen LogP contribution in [0.15, 0.2) is 53.5 Å². The number of anilines is 4. The number of nitrogens with two attached hydrogens (primary N) is 1. The fourth-order valence-corrected chi connectivity index (χ4v) is 6.69. The summed E-state index contributed by atoms with van der Waals surface area (Å²) in [6.45, 7) is 6.20. The lowest BCUT2D eigenvalue weighted by molar-refractivity contribution is 0.0303. The minimum atomic E-state index is -0.408. The topological polar surface area (TPSA) is 142 Å². The van der Waals surface area contributed by atoms with Crippen LogP contribution in [-0.4, -0.2) is 53.0 Å². The third-order valence-electron chi connectivity index (χ3n) is 8.04. The molecule has 43 heavy (non-hydrogen) atoms. The molecule has 2 aromatic heterocycles. The third kappa shape index (κ3) is 6.04. The second-order valence-corrected chi connectivity index (χ2v) is 12.3. The van der Waals surface area contributed by atoms with Crippen molar-refractivity contribution in [1.29, 1.82) is 0 Å². The van der Waals surface area contributed by atoms with Crippen molar-refractivity contribution in [2.75, 3.05) is 42.7 Å². The van der Waals surface area contributed by atoms with E-state index >= 15 is 0 Å². The van der Waals surface area contributed by atoms with Gasteiger partial charge >= 0.3 is 0 Å². The summed E-state index contributed by atoms with van der Waals surface area (Å²) in [5.74, 6) is 0.442. The Labute approximate surface area is 253 Å². The molecule has 0 bridgehead atoms. The number of carbonyl (C=O) groups excluding carboxylic acids is 2. The summed E-state index contributed by atoms with van der Waals surface area (Å²) in [5.41, 5.74) is 11.1. The van der Waals surface area contributed by atoms with Crippen molar-refractivity contribution < 1.29 is 14.3 Å². The predicted molar refractivity (Wildman–Crippen MR) is 169 cm³/mol. The van der Waals surface area contributed by atoms with Crippen LogP contribution < -0.4 is 21.9 Å². The Morgan fingerprint density at radius 1 is 1.16 bits per heavy atom. The van der Waals surface area contributed by atoms with Crippen LogP contribution in [0, 0.1) is 12.8 Å². The number of nitrogens with zero attached hydrogens (tertiary/aromatic N) is 2. The molecule has 11 heteroatoms. The molecule has 3 heterocycles. The zero-order valence-corrected chi connectivity index (χ0v) is 25.0. The van der Waals surface area contributed by atoms with Crippen LogP contribution >= 0.6 is 11.3 Å². The van der Waals surface area contributed by atoms with Crippen LogP contribution in [0.2, 0.25) is 0 Å². The number of nitrogens with one attached hydrogen (secondary N) is 3. The number of hydrogen-bond acceptors (Lipinski definition) is 8. The molecule has 1 atom stereocenters. The van der Waals surface area contributed by atoms with Crippen molar-refractivity contribution in [2.24, 2.45) is 5.92 Å². The van der Waals surface area contributed by atoms with Gasteiger partial charge in [-0.1, -0.05) is 19.1 Å². The molecule has 1 aliphatic heterocycles. The van der Waals surface area contributed by atoms with Gasteiger partial charge in [-0.25, -0.2) is 4.98 Å². The number of H-pyrrole nitrogens is 1. The Hall–Kier alpha value is -4.48. The Morgan fingerprint density at radius 2 is 1.98 bits per heavy atom. The fourth-order valence-electron chi connectivity index (χ4n) is 5.59. The number of thiophene rings is 1. The Balaban J connectivity index is 1.20. The lowest BCUT2D eigenvalue weighted by Crippen LogP contribution is -2.40. The van der Waals surface area contributed by atoms with Gasteiger partial charge in [0.25, 0.3) is 17.4 Å². The molecule has 1 fully saturated rings. The molecule has 4 aromatic rings. The SMILES string of the molecule is Cc1c(NC(=O)c2cc3c(s2)CCC(C)C3)cccc1-c1c[nH]c(=O)c(Nc2ccc(C(=O)N3CCOCC3)c(N)c2)n1. The number of amides is 2. The van der Waals surface area contributed by atoms with E-state index in [4.69, 9.17) is 10.5 Å². The molecule has 10 nitrogen and oxygen atoms in total. The number of carbonyl (C=O) groups is 2. The minimum absolute atomic E-state index is 0.0800. The van der Waals surface area contributed by atoms with Crippen molar-refractivity contribution in [3.8, 4) is 11.3 Å². The van der Waals surface area contributed by atoms with E-state index in [2.05, 4.69) is 27.5 Å². The largest absolute Gasteiger partial charge is 0.398 e. The Bertz CT molecular complexity index is 1760. The smallest absolute Gasteiger partial charge is 0.291 e. The first-order valence-electron chi connectivity index (χ1n) is 14.4. The number of aromatic nitrogens is 2. The highest BCUT2D eigenvalue weighted by Gasteiger charge is 2.22. The van der Waals surface area contributed by atoms with E-state index in [1.807, 2.05) is 31.2 Å². The van der Waals surface area contributed by atoms with Gasteiger partial charge in [0.05, 0.1) is 29.3 Å². The van der Waals surface area contributed by atoms with Gasteiger partial charge in [0.1, 0.15) is 0 Å². The fraction of sp³-hybridized carbons (Fsp3) is 0.312. The first-order chi connectivity index (χ1) is 20.8. The Kier molecular flexibility index (Phi) is 8.00. The summed E-state index contributed by atoms with van der Waals surface area (Å²) in [4.78, 5) is 49.8. The number of ether oxygens (including phenoxy) is 1. The van der Waals surface area contributed by atoms with E-state index in [0.717, 1.165) is 35.3 Å². The van der Waals surface area contributed by atoms with Gasteiger partial charge in [0, 0.05) is 46.8 Å². The first-order valence-corrected chi connectivity index (χ1v) is 15.2. The van der Waals surface area contributed by atoms with Gasteiger partial charge in [-0.15, -0.1) is 11.3 Å². The van der Waals surface area contributed by atoms with Gasteiger partial charge in [0.15, 0.2) is 5.82 Å². The van der Waals surface area contributed by atoms with Crippen molar-refractivity contribution in [1.82, 2.24) is 14.9 Å². The van der Waals surface area contributed by atoms with E-state index in [1.165, 1.54) is 10.4 Å². The summed E-state index contributed by atoms with van der Waals surface area (Å²) < 4.78 is 5.33. The van der Waals surface area contributed by atoms with Gasteiger partial charge in [-0.05, 0) is 73.6 Å². The average Bonchev–Trinajstić information content (AvgIpc) is 3.43. The van der Waals surface area contributed by atoms with Gasteiger partial charge < -0.3 is 31.0 Å². The second-order valence-electron chi connectivity index (χ2n) is 11.1. The van der Waals surface area contributed by atoms with E-state index in [0.29, 0.717) is 60.5 Å². The molecule has 0 saturated carbocycles. The average molecular weight is 599 g/mol. The summed E-state index contributed by atoms with van der Waals surface area (Å²) in [6.07, 6.45) is 4.76. The van der Waals surface area contributed by atoms with Crippen LogP contribution in [0.5, 0.6) is 0 Å². The highest BCUT2D eigenvalue weighted by molar-refractivity contribution is 7.14. The number of benzene rings is 2. The van der Waals surface area contributed by atoms with Crippen LogP contribution in [-0.2, 0) is 17.6 Å². The number of aromatic amines is 1. The molecule has 5 N–H and O–H groups in total. The quantitative estimate of drug-likeness (QED) is 0.229. The molecule has 1 aliphatic carbocycles. The van der Waals surface area contributed by atoms with Gasteiger partial charge in [-0.3, -0.25) is 14.4 Å². The normalized spacial score (nSPS) is 16.4. The molecule has 2 amide bonds. The molecule has 2 aliphatic rings. The highest BCUT2D eigenvalue weighted by atomic mass is 32.1. The molecule has 6 rings (SSSR count). The summed E-state index contributed by atoms with van der Waals surface area (Å²) in [7, 11) is 0. The monoisotopic (exact) mass is 598 g/mol. The molecule has 1 unspecified atom stereocenters. The summed E-state index contributed by atoms with van der Waals surface area (Å²) in [5, 5.41) is 6.11. The predicted octanol–water partition coefficient (Wildman–Crippen LogP) is 4.98. The number of fused-ring (bicyclic) bond motifs is 1. The molecule has 1 saturated heterocycles. The number of rotatable bonds is 6. The number of nitrogen functional groups attached to an aromatic ring is 1.